The number of halogens is 1. The van der Waals surface area contributed by atoms with Crippen molar-refractivity contribution < 1.29 is 4.74 Å². The van der Waals surface area contributed by atoms with Gasteiger partial charge in [-0.1, -0.05) is 45.9 Å². The van der Waals surface area contributed by atoms with Crippen molar-refractivity contribution in [2.75, 3.05) is 0 Å². The highest BCUT2D eigenvalue weighted by atomic mass is 35.5. The van der Waals surface area contributed by atoms with Crippen LogP contribution in [0.4, 0.5) is 0 Å². The fourth-order valence-electron chi connectivity index (χ4n) is 4.40. The smallest absolute Gasteiger partial charge is 0.125 e. The zero-order chi connectivity index (χ0) is 20.7. The predicted octanol–water partition coefficient (Wildman–Crippen LogP) is 4.75. The number of ether oxygens (including phenoxy) is 1. The van der Waals surface area contributed by atoms with Crippen LogP contribution in [0.3, 0.4) is 0 Å². The van der Waals surface area contributed by atoms with Crippen LogP contribution < -0.4 is 10.1 Å². The van der Waals surface area contributed by atoms with Gasteiger partial charge in [0.1, 0.15) is 23.7 Å². The van der Waals surface area contributed by atoms with E-state index in [0.29, 0.717) is 16.3 Å². The van der Waals surface area contributed by atoms with Gasteiger partial charge in [-0.2, -0.15) is 5.26 Å². The molecule has 0 amide bonds. The van der Waals surface area contributed by atoms with E-state index in [0.717, 1.165) is 17.1 Å². The van der Waals surface area contributed by atoms with Gasteiger partial charge in [0, 0.05) is 46.6 Å². The Bertz CT molecular complexity index is 928. The van der Waals surface area contributed by atoms with Gasteiger partial charge in [-0.25, -0.2) is 9.97 Å². The van der Waals surface area contributed by atoms with Crippen molar-refractivity contribution in [1.82, 2.24) is 15.3 Å². The number of benzene rings is 1. The number of nitriles is 1. The molecule has 1 aromatic heterocycles. The van der Waals surface area contributed by atoms with Crippen LogP contribution in [0.25, 0.3) is 5.70 Å². The normalized spacial score (nSPS) is 21.9. The minimum atomic E-state index is -0.154. The summed E-state index contributed by atoms with van der Waals surface area (Å²) >= 11 is 6.15. The average molecular weight is 397 g/mol. The van der Waals surface area contributed by atoms with Crippen molar-refractivity contribution in [3.05, 3.63) is 59.1 Å². The molecule has 1 saturated carbocycles. The van der Waals surface area contributed by atoms with Crippen LogP contribution in [0, 0.1) is 29.1 Å². The minimum Gasteiger partial charge on any atom is -0.489 e. The summed E-state index contributed by atoms with van der Waals surface area (Å²) in [6, 6.07) is 7.39. The summed E-state index contributed by atoms with van der Waals surface area (Å²) in [5.74, 6) is 1.40. The Hall–Kier alpha value is -2.58. The molecule has 1 aromatic carbocycles. The Kier molecular flexibility index (Phi) is 5.12. The molecular weight excluding hydrogens is 372 g/mol. The van der Waals surface area contributed by atoms with Crippen LogP contribution in [0.1, 0.15) is 44.6 Å². The molecule has 1 aliphatic rings. The largest absolute Gasteiger partial charge is 0.489 e. The molecule has 0 unspecified atom stereocenters. The Morgan fingerprint density at radius 1 is 1.21 bits per heavy atom. The summed E-state index contributed by atoms with van der Waals surface area (Å²) in [4.78, 5) is 8.49. The molecule has 0 radical (unpaired) electrons. The second-order valence-corrected chi connectivity index (χ2v) is 8.88. The monoisotopic (exact) mass is 396 g/mol. The molecule has 1 N–H and O–H groups in total. The average Bonchev–Trinajstić information content (AvgIpc) is 2.64. The summed E-state index contributed by atoms with van der Waals surface area (Å²) < 4.78 is 6.31. The molecule has 2 aromatic rings. The summed E-state index contributed by atoms with van der Waals surface area (Å²) in [5, 5.41) is 13.0. The Morgan fingerprint density at radius 2 is 1.82 bits per heavy atom. The second kappa shape index (κ2) is 7.10. The SMILES string of the molecule is C=C(NC1C(C)(C)C(Oc2ccc(C#N)c(Cl)c2)C1(C)C)c1cnc(C)nc1. The number of aryl methyl sites for hydroxylation is 1. The van der Waals surface area contributed by atoms with E-state index in [4.69, 9.17) is 21.6 Å². The summed E-state index contributed by atoms with van der Waals surface area (Å²) in [7, 11) is 0. The van der Waals surface area contributed by atoms with Crippen molar-refractivity contribution in [3.63, 3.8) is 0 Å². The van der Waals surface area contributed by atoms with E-state index in [-0.39, 0.29) is 23.0 Å². The van der Waals surface area contributed by atoms with Crippen LogP contribution in [0.2, 0.25) is 5.02 Å². The van der Waals surface area contributed by atoms with Gasteiger partial charge in [-0.15, -0.1) is 0 Å². The molecule has 1 fully saturated rings. The van der Waals surface area contributed by atoms with Gasteiger partial charge in [0.2, 0.25) is 0 Å². The summed E-state index contributed by atoms with van der Waals surface area (Å²) in [5.41, 5.74) is 1.81. The maximum Gasteiger partial charge on any atom is 0.125 e. The van der Waals surface area contributed by atoms with Crippen molar-refractivity contribution in [2.45, 2.75) is 46.8 Å². The molecular formula is C22H25ClN4O. The van der Waals surface area contributed by atoms with Gasteiger partial charge in [0.15, 0.2) is 0 Å². The highest BCUT2D eigenvalue weighted by Crippen LogP contribution is 2.56. The van der Waals surface area contributed by atoms with Gasteiger partial charge in [-0.3, -0.25) is 0 Å². The van der Waals surface area contributed by atoms with E-state index in [1.807, 2.05) is 6.92 Å². The van der Waals surface area contributed by atoms with Gasteiger partial charge in [0.05, 0.1) is 10.6 Å². The number of hydrogen-bond acceptors (Lipinski definition) is 5. The molecule has 1 aliphatic carbocycles. The van der Waals surface area contributed by atoms with Gasteiger partial charge in [-0.05, 0) is 19.1 Å². The molecule has 1 heterocycles. The highest BCUT2D eigenvalue weighted by molar-refractivity contribution is 6.31. The lowest BCUT2D eigenvalue weighted by atomic mass is 9.49. The van der Waals surface area contributed by atoms with Crippen LogP contribution in [-0.4, -0.2) is 22.1 Å². The standard InChI is InChI=1S/C22H25ClN4O/c1-13(16-11-25-14(2)26-12-16)27-19-21(3,4)20(22(19,5)6)28-17-8-7-15(10-24)18(23)9-17/h7-9,11-12,19-20,27H,1H2,2-6H3. The van der Waals surface area contributed by atoms with Gasteiger partial charge >= 0.3 is 0 Å². The molecule has 28 heavy (non-hydrogen) atoms. The maximum absolute atomic E-state index is 9.04. The Morgan fingerprint density at radius 3 is 2.36 bits per heavy atom. The van der Waals surface area contributed by atoms with Crippen molar-refractivity contribution in [3.8, 4) is 11.8 Å². The molecule has 0 saturated heterocycles. The predicted molar refractivity (Wildman–Crippen MR) is 111 cm³/mol. The lowest BCUT2D eigenvalue weighted by Crippen LogP contribution is -2.73. The van der Waals surface area contributed by atoms with E-state index in [9.17, 15) is 0 Å². The second-order valence-electron chi connectivity index (χ2n) is 8.47. The first-order chi connectivity index (χ1) is 13.1. The molecule has 6 heteroatoms. The molecule has 146 valence electrons. The highest BCUT2D eigenvalue weighted by Gasteiger charge is 2.63. The third-order valence-corrected chi connectivity index (χ3v) is 5.92. The quantitative estimate of drug-likeness (QED) is 0.789. The van der Waals surface area contributed by atoms with E-state index in [1.54, 1.807) is 30.6 Å². The van der Waals surface area contributed by atoms with Crippen LogP contribution in [0.15, 0.2) is 37.2 Å². The fourth-order valence-corrected chi connectivity index (χ4v) is 4.61. The fraction of sp³-hybridized carbons (Fsp3) is 0.409. The first-order valence-corrected chi connectivity index (χ1v) is 9.56. The molecule has 5 nitrogen and oxygen atoms in total. The third kappa shape index (κ3) is 3.45. The zero-order valence-electron chi connectivity index (χ0n) is 16.9. The first kappa shape index (κ1) is 20.2. The number of hydrogen-bond donors (Lipinski definition) is 1. The molecule has 0 atom stereocenters. The number of aromatic nitrogens is 2. The zero-order valence-corrected chi connectivity index (χ0v) is 17.6. The van der Waals surface area contributed by atoms with Crippen molar-refractivity contribution in [1.29, 1.82) is 5.26 Å². The van der Waals surface area contributed by atoms with E-state index in [1.165, 1.54) is 0 Å². The minimum absolute atomic E-state index is 0.0384. The number of rotatable bonds is 5. The molecule has 3 rings (SSSR count). The molecule has 0 spiro atoms. The number of nitrogens with zero attached hydrogens (tertiary/aromatic N) is 3. The molecule has 0 aliphatic heterocycles. The lowest BCUT2D eigenvalue weighted by Gasteiger charge is -2.63. The van der Waals surface area contributed by atoms with Crippen molar-refractivity contribution >= 4 is 17.3 Å². The Labute approximate surface area is 171 Å². The van der Waals surface area contributed by atoms with Gasteiger partial charge < -0.3 is 10.1 Å². The van der Waals surface area contributed by atoms with Gasteiger partial charge in [0.25, 0.3) is 0 Å². The Balaban J connectivity index is 1.76. The number of nitrogens with one attached hydrogen (secondary N) is 1. The molecule has 0 bridgehead atoms. The van der Waals surface area contributed by atoms with Crippen LogP contribution >= 0.6 is 11.6 Å². The third-order valence-electron chi connectivity index (χ3n) is 5.60. The topological polar surface area (TPSA) is 70.8 Å². The van der Waals surface area contributed by atoms with E-state index >= 15 is 0 Å². The van der Waals surface area contributed by atoms with Crippen LogP contribution in [-0.2, 0) is 0 Å². The summed E-state index contributed by atoms with van der Waals surface area (Å²) in [6.45, 7) is 14.7. The van der Waals surface area contributed by atoms with E-state index < -0.39 is 0 Å². The first-order valence-electron chi connectivity index (χ1n) is 9.18. The summed E-state index contributed by atoms with van der Waals surface area (Å²) in [6.07, 6.45) is 3.52. The maximum atomic E-state index is 9.04. The van der Waals surface area contributed by atoms with E-state index in [2.05, 4.69) is 55.6 Å². The lowest BCUT2D eigenvalue weighted by molar-refractivity contribution is -0.163. The van der Waals surface area contributed by atoms with Crippen molar-refractivity contribution in [2.24, 2.45) is 10.8 Å². The van der Waals surface area contributed by atoms with Crippen LogP contribution in [0.5, 0.6) is 5.75 Å².